The van der Waals surface area contributed by atoms with Gasteiger partial charge in [0.1, 0.15) is 11.3 Å². The molecule has 0 saturated carbocycles. The van der Waals surface area contributed by atoms with E-state index in [1.165, 1.54) is 0 Å². The summed E-state index contributed by atoms with van der Waals surface area (Å²) < 4.78 is 10.3. The van der Waals surface area contributed by atoms with E-state index in [4.69, 9.17) is 15.2 Å². The maximum atomic E-state index is 12.1. The summed E-state index contributed by atoms with van der Waals surface area (Å²) in [5, 5.41) is 2.93. The largest absolute Gasteiger partial charge is 0.497 e. The number of amides is 1. The fourth-order valence-electron chi connectivity index (χ4n) is 2.08. The second-order valence-corrected chi connectivity index (χ2v) is 4.93. The van der Waals surface area contributed by atoms with Crippen molar-refractivity contribution in [3.05, 3.63) is 29.8 Å². The van der Waals surface area contributed by atoms with Gasteiger partial charge in [0.25, 0.3) is 0 Å². The maximum absolute atomic E-state index is 12.1. The van der Waals surface area contributed by atoms with Gasteiger partial charge in [-0.15, -0.1) is 0 Å². The molecule has 1 aromatic carbocycles. The molecule has 1 fully saturated rings. The van der Waals surface area contributed by atoms with Gasteiger partial charge in [-0.1, -0.05) is 12.1 Å². The van der Waals surface area contributed by atoms with Crippen molar-refractivity contribution in [3.8, 4) is 5.75 Å². The zero-order valence-corrected chi connectivity index (χ0v) is 11.3. The van der Waals surface area contributed by atoms with Gasteiger partial charge in [0, 0.05) is 6.61 Å². The van der Waals surface area contributed by atoms with Gasteiger partial charge in [0.15, 0.2) is 0 Å². The monoisotopic (exact) mass is 264 g/mol. The number of nitrogens with two attached hydrogens (primary N) is 1. The lowest BCUT2D eigenvalue weighted by molar-refractivity contribution is -0.127. The number of carbonyl (C=O) groups excluding carboxylic acids is 1. The molecule has 2 rings (SSSR count). The van der Waals surface area contributed by atoms with Crippen LogP contribution in [0, 0.1) is 0 Å². The molecule has 0 spiro atoms. The second kappa shape index (κ2) is 5.59. The lowest BCUT2D eigenvalue weighted by Crippen LogP contribution is -2.54. The van der Waals surface area contributed by atoms with Crippen LogP contribution in [0.5, 0.6) is 5.75 Å². The smallest absolute Gasteiger partial charge is 0.243 e. The number of nitrogens with one attached hydrogen (secondary N) is 1. The lowest BCUT2D eigenvalue weighted by atomic mass is 9.98. The minimum Gasteiger partial charge on any atom is -0.497 e. The highest BCUT2D eigenvalue weighted by Crippen LogP contribution is 2.20. The van der Waals surface area contributed by atoms with Crippen molar-refractivity contribution in [3.63, 3.8) is 0 Å². The Balaban J connectivity index is 1.99. The SMILES string of the molecule is COc1ccc([C@H](C)NC(=O)C2(N)CCOC2)cc1. The van der Waals surface area contributed by atoms with Gasteiger partial charge in [0.2, 0.25) is 5.91 Å². The van der Waals surface area contributed by atoms with Gasteiger partial charge in [-0.05, 0) is 31.0 Å². The molecule has 5 heteroatoms. The Morgan fingerprint density at radius 3 is 2.68 bits per heavy atom. The number of hydrogen-bond donors (Lipinski definition) is 2. The third-order valence-electron chi connectivity index (χ3n) is 3.47. The Labute approximate surface area is 113 Å². The van der Waals surface area contributed by atoms with Gasteiger partial charge in [-0.25, -0.2) is 0 Å². The summed E-state index contributed by atoms with van der Waals surface area (Å²) in [5.41, 5.74) is 6.14. The first-order chi connectivity index (χ1) is 9.05. The highest BCUT2D eigenvalue weighted by atomic mass is 16.5. The summed E-state index contributed by atoms with van der Waals surface area (Å²) in [6.45, 7) is 2.76. The molecular weight excluding hydrogens is 244 g/mol. The molecule has 1 aliphatic heterocycles. The van der Waals surface area contributed by atoms with Crippen LogP contribution in [-0.4, -0.2) is 31.8 Å². The maximum Gasteiger partial charge on any atom is 0.243 e. The summed E-state index contributed by atoms with van der Waals surface area (Å²) in [6, 6.07) is 7.50. The zero-order chi connectivity index (χ0) is 13.9. The van der Waals surface area contributed by atoms with E-state index in [1.807, 2.05) is 31.2 Å². The Morgan fingerprint density at radius 1 is 1.47 bits per heavy atom. The molecule has 3 N–H and O–H groups in total. The van der Waals surface area contributed by atoms with Crippen LogP contribution in [-0.2, 0) is 9.53 Å². The molecule has 104 valence electrons. The van der Waals surface area contributed by atoms with Crippen LogP contribution in [0.3, 0.4) is 0 Å². The van der Waals surface area contributed by atoms with Gasteiger partial charge >= 0.3 is 0 Å². The van der Waals surface area contributed by atoms with E-state index in [0.29, 0.717) is 13.0 Å². The van der Waals surface area contributed by atoms with E-state index >= 15 is 0 Å². The fraction of sp³-hybridized carbons (Fsp3) is 0.500. The Hall–Kier alpha value is -1.59. The van der Waals surface area contributed by atoms with Crippen molar-refractivity contribution in [2.45, 2.75) is 24.9 Å². The Bertz CT molecular complexity index is 439. The van der Waals surface area contributed by atoms with Crippen LogP contribution in [0.2, 0.25) is 0 Å². The summed E-state index contributed by atoms with van der Waals surface area (Å²) in [5.74, 6) is 0.634. The average molecular weight is 264 g/mol. The standard InChI is InChI=1S/C14H20N2O3/c1-10(11-3-5-12(18-2)6-4-11)16-13(17)14(15)7-8-19-9-14/h3-6,10H,7-9,15H2,1-2H3,(H,16,17)/t10-,14?/m0/s1. The first-order valence-electron chi connectivity index (χ1n) is 6.37. The molecule has 1 saturated heterocycles. The molecule has 1 amide bonds. The molecule has 1 aliphatic rings. The van der Waals surface area contributed by atoms with Crippen molar-refractivity contribution in [2.75, 3.05) is 20.3 Å². The third kappa shape index (κ3) is 3.05. The topological polar surface area (TPSA) is 73.6 Å². The highest BCUT2D eigenvalue weighted by Gasteiger charge is 2.38. The van der Waals surface area contributed by atoms with Crippen LogP contribution in [0.15, 0.2) is 24.3 Å². The van der Waals surface area contributed by atoms with E-state index in [0.717, 1.165) is 11.3 Å². The van der Waals surface area contributed by atoms with E-state index in [1.54, 1.807) is 7.11 Å². The molecule has 5 nitrogen and oxygen atoms in total. The predicted molar refractivity (Wildman–Crippen MR) is 71.9 cm³/mol. The number of methoxy groups -OCH3 is 1. The molecule has 0 bridgehead atoms. The Morgan fingerprint density at radius 2 is 2.16 bits per heavy atom. The molecule has 1 aromatic rings. The van der Waals surface area contributed by atoms with E-state index in [9.17, 15) is 4.79 Å². The summed E-state index contributed by atoms with van der Waals surface area (Å²) in [6.07, 6.45) is 0.564. The Kier molecular flexibility index (Phi) is 4.07. The molecule has 1 heterocycles. The predicted octanol–water partition coefficient (Wildman–Crippen LogP) is 0.990. The minimum absolute atomic E-state index is 0.0977. The van der Waals surface area contributed by atoms with Crippen LogP contribution in [0.1, 0.15) is 24.9 Å². The molecule has 1 unspecified atom stereocenters. The number of benzene rings is 1. The quantitative estimate of drug-likeness (QED) is 0.850. The van der Waals surface area contributed by atoms with Crippen LogP contribution >= 0.6 is 0 Å². The lowest BCUT2D eigenvalue weighted by Gasteiger charge is -2.24. The van der Waals surface area contributed by atoms with Crippen molar-refractivity contribution in [1.82, 2.24) is 5.32 Å². The van der Waals surface area contributed by atoms with Crippen molar-refractivity contribution < 1.29 is 14.3 Å². The van der Waals surface area contributed by atoms with Crippen molar-refractivity contribution in [2.24, 2.45) is 5.73 Å². The average Bonchev–Trinajstić information content (AvgIpc) is 2.87. The second-order valence-electron chi connectivity index (χ2n) is 4.93. The number of carbonyl (C=O) groups is 1. The molecule has 0 aromatic heterocycles. The molecular formula is C14H20N2O3. The first-order valence-corrected chi connectivity index (χ1v) is 6.37. The fourth-order valence-corrected chi connectivity index (χ4v) is 2.08. The van der Waals surface area contributed by atoms with Crippen LogP contribution in [0.4, 0.5) is 0 Å². The van der Waals surface area contributed by atoms with Crippen molar-refractivity contribution >= 4 is 5.91 Å². The van der Waals surface area contributed by atoms with Gasteiger partial charge in [-0.3, -0.25) is 4.79 Å². The molecule has 0 radical (unpaired) electrons. The van der Waals surface area contributed by atoms with E-state index < -0.39 is 5.54 Å². The summed E-state index contributed by atoms with van der Waals surface area (Å²) in [7, 11) is 1.62. The summed E-state index contributed by atoms with van der Waals surface area (Å²) in [4.78, 5) is 12.1. The third-order valence-corrected chi connectivity index (χ3v) is 3.47. The zero-order valence-electron chi connectivity index (χ0n) is 11.3. The van der Waals surface area contributed by atoms with Gasteiger partial charge < -0.3 is 20.5 Å². The van der Waals surface area contributed by atoms with E-state index in [2.05, 4.69) is 5.32 Å². The van der Waals surface area contributed by atoms with Crippen LogP contribution in [0.25, 0.3) is 0 Å². The van der Waals surface area contributed by atoms with Gasteiger partial charge in [-0.2, -0.15) is 0 Å². The van der Waals surface area contributed by atoms with Gasteiger partial charge in [0.05, 0.1) is 19.8 Å². The normalized spacial score (nSPS) is 23.9. The molecule has 0 aliphatic carbocycles. The van der Waals surface area contributed by atoms with E-state index in [-0.39, 0.29) is 18.6 Å². The number of ether oxygens (including phenoxy) is 2. The first kappa shape index (κ1) is 13.8. The minimum atomic E-state index is -0.888. The molecule has 2 atom stereocenters. The number of hydrogen-bond acceptors (Lipinski definition) is 4. The van der Waals surface area contributed by atoms with Crippen molar-refractivity contribution in [1.29, 1.82) is 0 Å². The van der Waals surface area contributed by atoms with Crippen LogP contribution < -0.4 is 15.8 Å². The summed E-state index contributed by atoms with van der Waals surface area (Å²) >= 11 is 0. The molecule has 19 heavy (non-hydrogen) atoms. The highest BCUT2D eigenvalue weighted by molar-refractivity contribution is 5.86. The number of rotatable bonds is 4.